The number of benzene rings is 2. The van der Waals surface area contributed by atoms with Crippen LogP contribution in [0.3, 0.4) is 0 Å². The number of amides is 2. The highest BCUT2D eigenvalue weighted by atomic mass is 32.1. The zero-order valence-corrected chi connectivity index (χ0v) is 21.1. The van der Waals surface area contributed by atoms with Gasteiger partial charge in [0.25, 0.3) is 5.91 Å². The Morgan fingerprint density at radius 3 is 2.49 bits per heavy atom. The number of nitrogens with zero attached hydrogens (tertiary/aromatic N) is 2. The molecule has 35 heavy (non-hydrogen) atoms. The predicted molar refractivity (Wildman–Crippen MR) is 141 cm³/mol. The number of carbonyl (C=O) groups excluding carboxylic acids is 2. The summed E-state index contributed by atoms with van der Waals surface area (Å²) in [5.41, 5.74) is 2.28. The summed E-state index contributed by atoms with van der Waals surface area (Å²) in [4.78, 5) is 30.8. The van der Waals surface area contributed by atoms with Gasteiger partial charge in [0.1, 0.15) is 17.6 Å². The van der Waals surface area contributed by atoms with E-state index in [9.17, 15) is 14.0 Å². The van der Waals surface area contributed by atoms with E-state index in [1.807, 2.05) is 19.2 Å². The van der Waals surface area contributed by atoms with Crippen LogP contribution in [0.2, 0.25) is 0 Å². The second-order valence-electron chi connectivity index (χ2n) is 8.13. The maximum Gasteiger partial charge on any atom is 0.256 e. The average Bonchev–Trinajstić information content (AvgIpc) is 3.34. The molecule has 1 aliphatic heterocycles. The molecule has 9 heteroatoms. The summed E-state index contributed by atoms with van der Waals surface area (Å²) in [5, 5.41) is 5.20. The van der Waals surface area contributed by atoms with Gasteiger partial charge in [0.2, 0.25) is 5.91 Å². The fraction of sp³-hybridized carbons (Fsp3) is 0.269. The Kier molecular flexibility index (Phi) is 7.77. The molecule has 6 nitrogen and oxygen atoms in total. The van der Waals surface area contributed by atoms with Gasteiger partial charge in [-0.05, 0) is 98.0 Å². The van der Waals surface area contributed by atoms with Crippen LogP contribution in [0.15, 0.2) is 60.0 Å². The van der Waals surface area contributed by atoms with Crippen LogP contribution in [0.25, 0.3) is 0 Å². The molecule has 1 fully saturated rings. The van der Waals surface area contributed by atoms with Crippen molar-refractivity contribution in [2.75, 3.05) is 23.4 Å². The molecule has 0 radical (unpaired) electrons. The number of hydrogen-bond acceptors (Lipinski definition) is 5. The summed E-state index contributed by atoms with van der Waals surface area (Å²) in [6.07, 6.45) is 0.637. The van der Waals surface area contributed by atoms with Gasteiger partial charge in [-0.3, -0.25) is 14.5 Å². The summed E-state index contributed by atoms with van der Waals surface area (Å²) in [6.45, 7) is 5.00. The molecule has 182 valence electrons. The topological polar surface area (TPSA) is 61.9 Å². The van der Waals surface area contributed by atoms with Crippen molar-refractivity contribution in [3.05, 3.63) is 76.2 Å². The van der Waals surface area contributed by atoms with Gasteiger partial charge >= 0.3 is 0 Å². The molecular formula is C26H26FN3O3S2. The van der Waals surface area contributed by atoms with Crippen molar-refractivity contribution in [3.63, 3.8) is 0 Å². The summed E-state index contributed by atoms with van der Waals surface area (Å²) < 4.78 is 18.9. The Morgan fingerprint density at radius 1 is 1.14 bits per heavy atom. The molecule has 1 saturated heterocycles. The number of rotatable bonds is 9. The van der Waals surface area contributed by atoms with E-state index in [1.54, 1.807) is 40.5 Å². The molecule has 2 aromatic carbocycles. The van der Waals surface area contributed by atoms with Crippen LogP contribution in [-0.4, -0.2) is 41.0 Å². The molecular weight excluding hydrogens is 485 g/mol. The summed E-state index contributed by atoms with van der Waals surface area (Å²) in [5.74, 6) is -0.283. The minimum Gasteiger partial charge on any atom is -0.494 e. The molecule has 2 amide bonds. The molecule has 2 heterocycles. The summed E-state index contributed by atoms with van der Waals surface area (Å²) in [6, 6.07) is 14.0. The second kappa shape index (κ2) is 11.0. The van der Waals surface area contributed by atoms with E-state index in [-0.39, 0.29) is 18.2 Å². The molecule has 0 bridgehead atoms. The molecule has 0 aliphatic carbocycles. The van der Waals surface area contributed by atoms with E-state index in [0.717, 1.165) is 0 Å². The van der Waals surface area contributed by atoms with Crippen molar-refractivity contribution in [1.82, 2.24) is 4.90 Å². The number of carbonyl (C=O) groups is 2. The number of halogens is 1. The van der Waals surface area contributed by atoms with Crippen molar-refractivity contribution in [2.24, 2.45) is 0 Å². The van der Waals surface area contributed by atoms with Gasteiger partial charge in [-0.15, -0.1) is 11.3 Å². The Labute approximate surface area is 213 Å². The SMILES string of the molecule is CCOc1ccc(NC(=O)C[C@H]2C(=O)N(c3ccc(F)cc3)C(=S)N2CCc2sccc2C)cc1. The molecule has 0 unspecified atom stereocenters. The van der Waals surface area contributed by atoms with Crippen LogP contribution in [0.4, 0.5) is 15.8 Å². The van der Waals surface area contributed by atoms with Crippen LogP contribution in [-0.2, 0) is 16.0 Å². The predicted octanol–water partition coefficient (Wildman–Crippen LogP) is 5.17. The minimum atomic E-state index is -0.754. The van der Waals surface area contributed by atoms with Crippen LogP contribution >= 0.6 is 23.6 Å². The quantitative estimate of drug-likeness (QED) is 0.402. The van der Waals surface area contributed by atoms with Crippen LogP contribution in [0, 0.1) is 12.7 Å². The molecule has 1 N–H and O–H groups in total. The molecule has 1 aromatic heterocycles. The first kappa shape index (κ1) is 24.8. The third kappa shape index (κ3) is 5.68. The molecule has 3 aromatic rings. The number of anilines is 2. The van der Waals surface area contributed by atoms with Crippen molar-refractivity contribution < 1.29 is 18.7 Å². The fourth-order valence-corrected chi connectivity index (χ4v) is 5.30. The van der Waals surface area contributed by atoms with Gasteiger partial charge in [0.15, 0.2) is 5.11 Å². The van der Waals surface area contributed by atoms with Gasteiger partial charge in [0, 0.05) is 17.1 Å². The van der Waals surface area contributed by atoms with Crippen molar-refractivity contribution in [3.8, 4) is 5.75 Å². The Balaban J connectivity index is 1.52. The second-order valence-corrected chi connectivity index (χ2v) is 9.49. The Bertz CT molecular complexity index is 1210. The first-order chi connectivity index (χ1) is 16.9. The fourth-order valence-electron chi connectivity index (χ4n) is 3.99. The molecule has 0 saturated carbocycles. The first-order valence-corrected chi connectivity index (χ1v) is 12.6. The van der Waals surface area contributed by atoms with Crippen molar-refractivity contribution in [2.45, 2.75) is 32.7 Å². The minimum absolute atomic E-state index is 0.0622. The van der Waals surface area contributed by atoms with Gasteiger partial charge in [-0.2, -0.15) is 0 Å². The van der Waals surface area contributed by atoms with Crippen molar-refractivity contribution in [1.29, 1.82) is 0 Å². The standard InChI is InChI=1S/C26H26FN3O3S2/c1-3-33-21-10-6-19(7-11-21)28-24(31)16-22-25(32)30(20-8-4-18(27)5-9-20)26(34)29(22)14-12-23-17(2)13-15-35-23/h4-11,13,15,22H,3,12,14,16H2,1-2H3,(H,28,31)/t22-/m0/s1. The molecule has 1 aliphatic rings. The summed E-state index contributed by atoms with van der Waals surface area (Å²) >= 11 is 7.33. The van der Waals surface area contributed by atoms with E-state index in [1.165, 1.54) is 39.6 Å². The van der Waals surface area contributed by atoms with E-state index in [2.05, 4.69) is 11.4 Å². The third-order valence-electron chi connectivity index (χ3n) is 5.78. The number of thiophene rings is 1. The highest BCUT2D eigenvalue weighted by Gasteiger charge is 2.44. The molecule has 4 rings (SSSR count). The van der Waals surface area contributed by atoms with E-state index < -0.39 is 11.9 Å². The number of hydrogen-bond donors (Lipinski definition) is 1. The van der Waals surface area contributed by atoms with Crippen molar-refractivity contribution >= 4 is 51.9 Å². The molecule has 1 atom stereocenters. The zero-order chi connectivity index (χ0) is 24.9. The largest absolute Gasteiger partial charge is 0.494 e. The number of thiocarbonyl (C=S) groups is 1. The maximum absolute atomic E-state index is 13.5. The van der Waals surface area contributed by atoms with Crippen LogP contribution in [0.5, 0.6) is 5.75 Å². The normalized spacial score (nSPS) is 15.6. The number of nitrogens with one attached hydrogen (secondary N) is 1. The monoisotopic (exact) mass is 511 g/mol. The lowest BCUT2D eigenvalue weighted by atomic mass is 10.1. The number of ether oxygens (including phenoxy) is 1. The van der Waals surface area contributed by atoms with Gasteiger partial charge in [-0.25, -0.2) is 4.39 Å². The summed E-state index contributed by atoms with van der Waals surface area (Å²) in [7, 11) is 0. The smallest absolute Gasteiger partial charge is 0.256 e. The van der Waals surface area contributed by atoms with E-state index in [0.29, 0.717) is 41.8 Å². The number of aryl methyl sites for hydroxylation is 1. The van der Waals surface area contributed by atoms with Gasteiger partial charge in [-0.1, -0.05) is 0 Å². The lowest BCUT2D eigenvalue weighted by Crippen LogP contribution is -2.39. The Hall–Kier alpha value is -3.30. The average molecular weight is 512 g/mol. The van der Waals surface area contributed by atoms with E-state index >= 15 is 0 Å². The van der Waals surface area contributed by atoms with E-state index in [4.69, 9.17) is 17.0 Å². The third-order valence-corrected chi connectivity index (χ3v) is 7.28. The lowest BCUT2D eigenvalue weighted by molar-refractivity contribution is -0.124. The van der Waals surface area contributed by atoms with Gasteiger partial charge in [0.05, 0.1) is 18.7 Å². The maximum atomic E-state index is 13.5. The zero-order valence-electron chi connectivity index (χ0n) is 19.5. The van der Waals surface area contributed by atoms with Crippen LogP contribution in [0.1, 0.15) is 23.8 Å². The highest BCUT2D eigenvalue weighted by Crippen LogP contribution is 2.29. The van der Waals surface area contributed by atoms with Crippen LogP contribution < -0.4 is 15.0 Å². The van der Waals surface area contributed by atoms with Gasteiger partial charge < -0.3 is 15.0 Å². The first-order valence-electron chi connectivity index (χ1n) is 11.3. The Morgan fingerprint density at radius 2 is 1.86 bits per heavy atom. The lowest BCUT2D eigenvalue weighted by Gasteiger charge is -2.24. The highest BCUT2D eigenvalue weighted by molar-refractivity contribution is 7.80. The molecule has 0 spiro atoms.